The van der Waals surface area contributed by atoms with Crippen LogP contribution >= 0.6 is 0 Å². The molecule has 1 heterocycles. The van der Waals surface area contributed by atoms with Crippen LogP contribution in [0.15, 0.2) is 10.9 Å². The fourth-order valence-electron chi connectivity index (χ4n) is 1.03. The maximum Gasteiger partial charge on any atom is 0.573 e. The van der Waals surface area contributed by atoms with Crippen molar-refractivity contribution in [2.24, 2.45) is 0 Å². The van der Waals surface area contributed by atoms with Crippen molar-refractivity contribution >= 4 is 5.97 Å². The van der Waals surface area contributed by atoms with Gasteiger partial charge in [0.15, 0.2) is 5.75 Å². The molecule has 0 aliphatic carbocycles. The Balaban J connectivity index is 3.21. The van der Waals surface area contributed by atoms with Crippen LogP contribution in [0, 0.1) is 6.92 Å². The number of carbonyl (C=O) groups is 1. The number of carboxylic acids is 1. The standard InChI is InChI=1S/C8H6F3NO4/c1-3-2-4(16-8(9,10)11)6(13)12-5(3)7(14)15/h2H,1H3,(H,12,13)(H,14,15). The largest absolute Gasteiger partial charge is 0.573 e. The number of nitrogens with one attached hydrogen (secondary N) is 1. The Kier molecular flexibility index (Phi) is 2.92. The molecule has 0 spiro atoms. The summed E-state index contributed by atoms with van der Waals surface area (Å²) in [5.41, 5.74) is -1.76. The number of aromatic nitrogens is 1. The summed E-state index contributed by atoms with van der Waals surface area (Å²) in [6.45, 7) is 1.24. The number of H-pyrrole nitrogens is 1. The lowest BCUT2D eigenvalue weighted by Gasteiger charge is -2.09. The van der Waals surface area contributed by atoms with Gasteiger partial charge in [0.25, 0.3) is 5.56 Å². The number of hydrogen-bond acceptors (Lipinski definition) is 3. The molecule has 8 heteroatoms. The monoisotopic (exact) mass is 237 g/mol. The number of ether oxygens (including phenoxy) is 1. The van der Waals surface area contributed by atoms with Gasteiger partial charge in [-0.2, -0.15) is 0 Å². The SMILES string of the molecule is Cc1cc(OC(F)(F)F)c(=O)[nH]c1C(=O)O. The van der Waals surface area contributed by atoms with E-state index in [0.717, 1.165) is 6.07 Å². The zero-order chi connectivity index (χ0) is 12.5. The summed E-state index contributed by atoms with van der Waals surface area (Å²) < 4.78 is 38.9. The molecule has 0 unspecified atom stereocenters. The molecule has 1 rings (SSSR count). The first-order chi connectivity index (χ1) is 7.20. The molecule has 0 radical (unpaired) electrons. The Morgan fingerprint density at radius 3 is 2.50 bits per heavy atom. The molecule has 0 aromatic carbocycles. The van der Waals surface area contributed by atoms with Gasteiger partial charge in [0.1, 0.15) is 5.69 Å². The van der Waals surface area contributed by atoms with Gasteiger partial charge in [-0.05, 0) is 18.6 Å². The summed E-state index contributed by atoms with van der Waals surface area (Å²) in [6.07, 6.45) is -5.00. The number of aryl methyl sites for hydroxylation is 1. The van der Waals surface area contributed by atoms with Gasteiger partial charge in [0, 0.05) is 0 Å². The summed E-state index contributed by atoms with van der Waals surface area (Å²) >= 11 is 0. The Hall–Kier alpha value is -1.99. The van der Waals surface area contributed by atoms with Crippen molar-refractivity contribution in [3.8, 4) is 5.75 Å². The number of aromatic carboxylic acids is 1. The number of halogens is 3. The molecular formula is C8H6F3NO4. The van der Waals surface area contributed by atoms with Gasteiger partial charge in [-0.15, -0.1) is 13.2 Å². The van der Waals surface area contributed by atoms with Crippen molar-refractivity contribution in [2.75, 3.05) is 0 Å². The smallest absolute Gasteiger partial charge is 0.477 e. The molecule has 0 bridgehead atoms. The molecule has 0 saturated carbocycles. The molecule has 5 nitrogen and oxygen atoms in total. The Bertz CT molecular complexity index is 477. The van der Waals surface area contributed by atoms with E-state index in [0.29, 0.717) is 0 Å². The number of hydrogen-bond donors (Lipinski definition) is 2. The molecule has 16 heavy (non-hydrogen) atoms. The van der Waals surface area contributed by atoms with E-state index in [9.17, 15) is 22.8 Å². The van der Waals surface area contributed by atoms with Crippen LogP contribution in [0.5, 0.6) is 5.75 Å². The predicted octanol–water partition coefficient (Wildman–Crippen LogP) is 1.28. The highest BCUT2D eigenvalue weighted by atomic mass is 19.4. The lowest BCUT2D eigenvalue weighted by atomic mass is 10.2. The second-order valence-corrected chi connectivity index (χ2v) is 2.87. The number of aromatic amines is 1. The lowest BCUT2D eigenvalue weighted by Crippen LogP contribution is -2.24. The lowest BCUT2D eigenvalue weighted by molar-refractivity contribution is -0.275. The van der Waals surface area contributed by atoms with Crippen molar-refractivity contribution < 1.29 is 27.8 Å². The highest BCUT2D eigenvalue weighted by Crippen LogP contribution is 2.20. The Morgan fingerprint density at radius 2 is 2.06 bits per heavy atom. The van der Waals surface area contributed by atoms with E-state index < -0.39 is 29.3 Å². The van der Waals surface area contributed by atoms with E-state index >= 15 is 0 Å². The van der Waals surface area contributed by atoms with Crippen LogP contribution in [0.3, 0.4) is 0 Å². The van der Waals surface area contributed by atoms with Crippen molar-refractivity contribution in [1.29, 1.82) is 0 Å². The fraction of sp³-hybridized carbons (Fsp3) is 0.250. The third kappa shape index (κ3) is 2.75. The molecule has 0 amide bonds. The second-order valence-electron chi connectivity index (χ2n) is 2.87. The first-order valence-electron chi connectivity index (χ1n) is 3.93. The molecule has 0 aliphatic rings. The van der Waals surface area contributed by atoms with E-state index in [1.165, 1.54) is 6.92 Å². The van der Waals surface area contributed by atoms with Gasteiger partial charge in [-0.3, -0.25) is 4.79 Å². The van der Waals surface area contributed by atoms with Crippen LogP contribution in [0.2, 0.25) is 0 Å². The summed E-state index contributed by atoms with van der Waals surface area (Å²) in [6, 6.07) is 0.718. The summed E-state index contributed by atoms with van der Waals surface area (Å²) in [7, 11) is 0. The Labute approximate surface area is 86.5 Å². The topological polar surface area (TPSA) is 79.4 Å². The molecule has 88 valence electrons. The molecule has 1 aromatic heterocycles. The van der Waals surface area contributed by atoms with Crippen LogP contribution < -0.4 is 10.3 Å². The van der Waals surface area contributed by atoms with Crippen LogP contribution in [0.25, 0.3) is 0 Å². The van der Waals surface area contributed by atoms with Crippen molar-refractivity contribution in [1.82, 2.24) is 4.98 Å². The highest BCUT2D eigenvalue weighted by Gasteiger charge is 2.32. The Morgan fingerprint density at radius 1 is 1.50 bits per heavy atom. The average molecular weight is 237 g/mol. The van der Waals surface area contributed by atoms with Gasteiger partial charge in [-0.25, -0.2) is 4.79 Å². The maximum atomic E-state index is 11.8. The second kappa shape index (κ2) is 3.87. The average Bonchev–Trinajstić information content (AvgIpc) is 2.07. The summed E-state index contributed by atoms with van der Waals surface area (Å²) in [4.78, 5) is 23.4. The predicted molar refractivity (Wildman–Crippen MR) is 45.4 cm³/mol. The third-order valence-electron chi connectivity index (χ3n) is 1.64. The van der Waals surface area contributed by atoms with Gasteiger partial charge < -0.3 is 14.8 Å². The van der Waals surface area contributed by atoms with E-state index in [2.05, 4.69) is 4.74 Å². The van der Waals surface area contributed by atoms with Crippen molar-refractivity contribution in [3.63, 3.8) is 0 Å². The number of rotatable bonds is 2. The number of alkyl halides is 3. The molecule has 0 saturated heterocycles. The molecule has 0 atom stereocenters. The van der Waals surface area contributed by atoms with E-state index in [1.807, 2.05) is 0 Å². The van der Waals surface area contributed by atoms with E-state index in [-0.39, 0.29) is 5.56 Å². The molecule has 2 N–H and O–H groups in total. The van der Waals surface area contributed by atoms with Crippen LogP contribution in [0.1, 0.15) is 16.1 Å². The zero-order valence-electron chi connectivity index (χ0n) is 7.88. The van der Waals surface area contributed by atoms with Crippen LogP contribution in [-0.4, -0.2) is 22.4 Å². The number of carboxylic acid groups (broad SMARTS) is 1. The van der Waals surface area contributed by atoms with E-state index in [4.69, 9.17) is 5.11 Å². The summed E-state index contributed by atoms with van der Waals surface area (Å²) in [5, 5.41) is 8.58. The third-order valence-corrected chi connectivity index (χ3v) is 1.64. The van der Waals surface area contributed by atoms with Crippen LogP contribution in [-0.2, 0) is 0 Å². The van der Waals surface area contributed by atoms with Gasteiger partial charge in [0.2, 0.25) is 0 Å². The first-order valence-corrected chi connectivity index (χ1v) is 3.93. The first kappa shape index (κ1) is 12.1. The van der Waals surface area contributed by atoms with Gasteiger partial charge >= 0.3 is 12.3 Å². The minimum Gasteiger partial charge on any atom is -0.477 e. The molecule has 1 aromatic rings. The molecule has 0 fully saturated rings. The minimum atomic E-state index is -5.00. The molecular weight excluding hydrogens is 231 g/mol. The highest BCUT2D eigenvalue weighted by molar-refractivity contribution is 5.87. The van der Waals surface area contributed by atoms with Crippen molar-refractivity contribution in [2.45, 2.75) is 13.3 Å². The molecule has 0 aliphatic heterocycles. The summed E-state index contributed by atoms with van der Waals surface area (Å²) in [5.74, 6) is -2.43. The van der Waals surface area contributed by atoms with Gasteiger partial charge in [-0.1, -0.05) is 0 Å². The van der Waals surface area contributed by atoms with Crippen LogP contribution in [0.4, 0.5) is 13.2 Å². The fourth-order valence-corrected chi connectivity index (χ4v) is 1.03. The zero-order valence-corrected chi connectivity index (χ0v) is 7.88. The maximum absolute atomic E-state index is 11.8. The normalized spacial score (nSPS) is 11.2. The quantitative estimate of drug-likeness (QED) is 0.811. The van der Waals surface area contributed by atoms with Crippen molar-refractivity contribution in [3.05, 3.63) is 27.7 Å². The van der Waals surface area contributed by atoms with E-state index in [1.54, 1.807) is 4.98 Å². The number of pyridine rings is 1. The minimum absolute atomic E-state index is 0.0358. The van der Waals surface area contributed by atoms with Gasteiger partial charge in [0.05, 0.1) is 0 Å².